The summed E-state index contributed by atoms with van der Waals surface area (Å²) in [5.41, 5.74) is 1.15. The van der Waals surface area contributed by atoms with Gasteiger partial charge in [0.15, 0.2) is 0 Å². The summed E-state index contributed by atoms with van der Waals surface area (Å²) in [6.07, 6.45) is 0.433. The predicted octanol–water partition coefficient (Wildman–Crippen LogP) is 2.84. The Kier molecular flexibility index (Phi) is 8.37. The van der Waals surface area contributed by atoms with Crippen molar-refractivity contribution in [2.45, 2.75) is 51.8 Å². The first-order valence-electron chi connectivity index (χ1n) is 10.4. The quantitative estimate of drug-likeness (QED) is 0.475. The molecule has 2 amide bonds. The average molecular weight is 442 g/mol. The van der Waals surface area contributed by atoms with E-state index in [4.69, 9.17) is 9.84 Å². The lowest BCUT2D eigenvalue weighted by Crippen LogP contribution is -2.41. The van der Waals surface area contributed by atoms with Crippen molar-refractivity contribution in [2.24, 2.45) is 0 Å². The fourth-order valence-electron chi connectivity index (χ4n) is 2.95. The number of aliphatic carboxylic acids is 1. The van der Waals surface area contributed by atoms with Gasteiger partial charge in [0, 0.05) is 0 Å². The molecule has 0 radical (unpaired) electrons. The van der Waals surface area contributed by atoms with Crippen molar-refractivity contribution in [3.05, 3.63) is 59.7 Å². The molecule has 8 heteroatoms. The van der Waals surface area contributed by atoms with Gasteiger partial charge in [0.1, 0.15) is 17.4 Å². The number of ether oxygens (including phenoxy) is 1. The number of carboxylic acids is 1. The van der Waals surface area contributed by atoms with Gasteiger partial charge in [0.05, 0.1) is 17.3 Å². The second-order valence-electron chi connectivity index (χ2n) is 8.47. The van der Waals surface area contributed by atoms with Gasteiger partial charge >= 0.3 is 5.97 Å². The number of carbonyl (C=O) groups is 3. The van der Waals surface area contributed by atoms with Crippen LogP contribution in [0.25, 0.3) is 0 Å². The van der Waals surface area contributed by atoms with Crippen LogP contribution in [0.15, 0.2) is 48.5 Å². The van der Waals surface area contributed by atoms with E-state index in [0.29, 0.717) is 12.1 Å². The topological polar surface area (TPSA) is 117 Å². The van der Waals surface area contributed by atoms with E-state index in [-0.39, 0.29) is 17.1 Å². The number of benzene rings is 2. The van der Waals surface area contributed by atoms with E-state index in [2.05, 4.69) is 16.0 Å². The number of likely N-dealkylation sites (N-methyl/N-ethyl adjacent to an activating group) is 1. The first-order valence-corrected chi connectivity index (χ1v) is 10.4. The Balaban J connectivity index is 2.09. The highest BCUT2D eigenvalue weighted by Gasteiger charge is 2.22. The van der Waals surface area contributed by atoms with Crippen molar-refractivity contribution < 1.29 is 24.2 Å². The van der Waals surface area contributed by atoms with Gasteiger partial charge in [-0.05, 0) is 71.0 Å². The van der Waals surface area contributed by atoms with Crippen LogP contribution in [-0.2, 0) is 16.0 Å². The Morgan fingerprint density at radius 2 is 1.66 bits per heavy atom. The first-order chi connectivity index (χ1) is 15.0. The highest BCUT2D eigenvalue weighted by Crippen LogP contribution is 2.20. The van der Waals surface area contributed by atoms with Crippen LogP contribution < -0.4 is 20.7 Å². The third-order valence-electron chi connectivity index (χ3n) is 4.60. The molecule has 32 heavy (non-hydrogen) atoms. The van der Waals surface area contributed by atoms with Crippen molar-refractivity contribution in [3.63, 3.8) is 0 Å². The second kappa shape index (κ2) is 10.8. The zero-order valence-corrected chi connectivity index (χ0v) is 19.1. The normalized spacial score (nSPS) is 13.0. The SMILES string of the molecule is CN[C@@H](Cc1ccc(OC(C)(C)C)cc1)C(=O)Nc1ccccc1C(=O)N[C@@H](C)C(=O)O. The highest BCUT2D eigenvalue weighted by molar-refractivity contribution is 6.05. The maximum atomic E-state index is 12.9. The summed E-state index contributed by atoms with van der Waals surface area (Å²) in [5.74, 6) is -1.28. The summed E-state index contributed by atoms with van der Waals surface area (Å²) in [7, 11) is 1.69. The molecule has 0 unspecified atom stereocenters. The molecule has 0 aromatic heterocycles. The van der Waals surface area contributed by atoms with E-state index >= 15 is 0 Å². The van der Waals surface area contributed by atoms with Crippen molar-refractivity contribution in [2.75, 3.05) is 12.4 Å². The Morgan fingerprint density at radius 3 is 2.22 bits per heavy atom. The fraction of sp³-hybridized carbons (Fsp3) is 0.375. The molecule has 2 aromatic carbocycles. The Bertz CT molecular complexity index is 951. The van der Waals surface area contributed by atoms with Crippen molar-refractivity contribution >= 4 is 23.5 Å². The van der Waals surface area contributed by atoms with E-state index in [9.17, 15) is 14.4 Å². The van der Waals surface area contributed by atoms with Gasteiger partial charge in [-0.1, -0.05) is 24.3 Å². The molecule has 0 aliphatic carbocycles. The summed E-state index contributed by atoms with van der Waals surface area (Å²) < 4.78 is 5.82. The van der Waals surface area contributed by atoms with Gasteiger partial charge in [0.2, 0.25) is 5.91 Å². The van der Waals surface area contributed by atoms with Crippen LogP contribution in [-0.4, -0.2) is 47.6 Å². The molecule has 0 bridgehead atoms. The van der Waals surface area contributed by atoms with Crippen LogP contribution in [0, 0.1) is 0 Å². The van der Waals surface area contributed by atoms with Crippen LogP contribution in [0.5, 0.6) is 5.75 Å². The molecule has 0 saturated carbocycles. The lowest BCUT2D eigenvalue weighted by atomic mass is 10.0. The Morgan fingerprint density at radius 1 is 1.03 bits per heavy atom. The molecule has 172 valence electrons. The fourth-order valence-corrected chi connectivity index (χ4v) is 2.95. The number of rotatable bonds is 9. The van der Waals surface area contributed by atoms with Gasteiger partial charge < -0.3 is 25.8 Å². The maximum absolute atomic E-state index is 12.9. The van der Waals surface area contributed by atoms with Gasteiger partial charge in [-0.25, -0.2) is 0 Å². The zero-order chi connectivity index (χ0) is 23.9. The Hall–Kier alpha value is -3.39. The summed E-state index contributed by atoms with van der Waals surface area (Å²) in [4.78, 5) is 36.4. The number of hydrogen-bond donors (Lipinski definition) is 4. The third kappa shape index (κ3) is 7.39. The first kappa shape index (κ1) is 24.9. The minimum atomic E-state index is -1.14. The highest BCUT2D eigenvalue weighted by atomic mass is 16.5. The summed E-state index contributed by atoms with van der Waals surface area (Å²) >= 11 is 0. The van der Waals surface area contributed by atoms with Gasteiger partial charge in [-0.15, -0.1) is 0 Å². The number of para-hydroxylation sites is 1. The molecular formula is C24H31N3O5. The Labute approximate surface area is 188 Å². The number of amides is 2. The molecule has 2 aromatic rings. The molecule has 2 rings (SSSR count). The molecule has 0 heterocycles. The van der Waals surface area contributed by atoms with Crippen LogP contribution in [0.2, 0.25) is 0 Å². The lowest BCUT2D eigenvalue weighted by Gasteiger charge is -2.22. The van der Waals surface area contributed by atoms with Crippen LogP contribution in [0.3, 0.4) is 0 Å². The van der Waals surface area contributed by atoms with Crippen molar-refractivity contribution in [1.29, 1.82) is 0 Å². The summed E-state index contributed by atoms with van der Waals surface area (Å²) in [6.45, 7) is 7.30. The van der Waals surface area contributed by atoms with E-state index < -0.39 is 24.0 Å². The van der Waals surface area contributed by atoms with E-state index in [1.807, 2.05) is 45.0 Å². The standard InChI is InChI=1S/C24H31N3O5/c1-15(23(30)31)26-21(28)18-8-6-7-9-19(18)27-22(29)20(25-5)14-16-10-12-17(13-11-16)32-24(2,3)4/h6-13,15,20,25H,14H2,1-5H3,(H,26,28)(H,27,29)(H,30,31)/t15-,20-/m0/s1. The third-order valence-corrected chi connectivity index (χ3v) is 4.60. The molecule has 0 spiro atoms. The molecule has 2 atom stereocenters. The summed E-state index contributed by atoms with van der Waals surface area (Å²) in [5, 5.41) is 17.2. The number of carbonyl (C=O) groups excluding carboxylic acids is 2. The minimum Gasteiger partial charge on any atom is -0.488 e. The summed E-state index contributed by atoms with van der Waals surface area (Å²) in [6, 6.07) is 12.4. The van der Waals surface area contributed by atoms with Crippen LogP contribution in [0.1, 0.15) is 43.6 Å². The van der Waals surface area contributed by atoms with Gasteiger partial charge in [0.25, 0.3) is 5.91 Å². The lowest BCUT2D eigenvalue weighted by molar-refractivity contribution is -0.138. The largest absolute Gasteiger partial charge is 0.488 e. The number of anilines is 1. The molecule has 0 aliphatic heterocycles. The number of hydrogen-bond acceptors (Lipinski definition) is 5. The monoisotopic (exact) mass is 441 g/mol. The molecule has 8 nitrogen and oxygen atoms in total. The molecule has 0 fully saturated rings. The molecule has 0 saturated heterocycles. The molecule has 4 N–H and O–H groups in total. The van der Waals surface area contributed by atoms with Crippen LogP contribution >= 0.6 is 0 Å². The number of nitrogens with one attached hydrogen (secondary N) is 3. The maximum Gasteiger partial charge on any atom is 0.325 e. The average Bonchev–Trinajstić information content (AvgIpc) is 2.72. The van der Waals surface area contributed by atoms with Crippen molar-refractivity contribution in [1.82, 2.24) is 10.6 Å². The van der Waals surface area contributed by atoms with Crippen molar-refractivity contribution in [3.8, 4) is 5.75 Å². The van der Waals surface area contributed by atoms with E-state index in [1.165, 1.54) is 13.0 Å². The van der Waals surface area contributed by atoms with Crippen LogP contribution in [0.4, 0.5) is 5.69 Å². The zero-order valence-electron chi connectivity index (χ0n) is 19.1. The predicted molar refractivity (Wildman–Crippen MR) is 123 cm³/mol. The minimum absolute atomic E-state index is 0.187. The van der Waals surface area contributed by atoms with E-state index in [1.54, 1.807) is 25.2 Å². The number of carboxylic acid groups (broad SMARTS) is 1. The second-order valence-corrected chi connectivity index (χ2v) is 8.47. The van der Waals surface area contributed by atoms with Gasteiger partial charge in [-0.2, -0.15) is 0 Å². The van der Waals surface area contributed by atoms with E-state index in [0.717, 1.165) is 11.3 Å². The van der Waals surface area contributed by atoms with Gasteiger partial charge in [-0.3, -0.25) is 14.4 Å². The molecule has 0 aliphatic rings. The molecular weight excluding hydrogens is 410 g/mol. The smallest absolute Gasteiger partial charge is 0.325 e.